The lowest BCUT2D eigenvalue weighted by atomic mass is 10.2. The van der Waals surface area contributed by atoms with E-state index >= 15 is 0 Å². The number of nitrogens with zero attached hydrogens (tertiary/aromatic N) is 2. The van der Waals surface area contributed by atoms with E-state index in [1.165, 1.54) is 10.8 Å². The average molecular weight is 278 g/mol. The molecule has 0 spiro atoms. The van der Waals surface area contributed by atoms with Crippen molar-refractivity contribution in [1.82, 2.24) is 14.9 Å². The van der Waals surface area contributed by atoms with Crippen LogP contribution in [0.3, 0.4) is 0 Å². The Morgan fingerprint density at radius 1 is 1.65 bits per heavy atom. The standard InChI is InChI=1S/C9H12ClN3O3S/c10-9-11-2-3-13(9)5-8(14)12-7-1-4-17(15,16)6-7/h2-3,7H,1,4-6H2,(H,12,14). The van der Waals surface area contributed by atoms with Crippen molar-refractivity contribution >= 4 is 27.3 Å². The third kappa shape index (κ3) is 3.19. The van der Waals surface area contributed by atoms with Gasteiger partial charge in [0, 0.05) is 18.4 Å². The molecule has 8 heteroatoms. The molecule has 1 amide bonds. The molecule has 1 aromatic rings. The fourth-order valence-corrected chi connectivity index (χ4v) is 3.61. The van der Waals surface area contributed by atoms with E-state index in [1.807, 2.05) is 0 Å². The first-order chi connectivity index (χ1) is 7.96. The van der Waals surface area contributed by atoms with Crippen LogP contribution >= 0.6 is 11.6 Å². The van der Waals surface area contributed by atoms with Crippen molar-refractivity contribution in [2.45, 2.75) is 19.0 Å². The van der Waals surface area contributed by atoms with Crippen molar-refractivity contribution in [2.24, 2.45) is 0 Å². The van der Waals surface area contributed by atoms with Gasteiger partial charge in [0.1, 0.15) is 6.54 Å². The van der Waals surface area contributed by atoms with Crippen LogP contribution in [-0.2, 0) is 21.2 Å². The molecule has 0 aliphatic carbocycles. The second-order valence-electron chi connectivity index (χ2n) is 3.99. The van der Waals surface area contributed by atoms with Gasteiger partial charge in [-0.15, -0.1) is 0 Å². The van der Waals surface area contributed by atoms with E-state index in [9.17, 15) is 13.2 Å². The highest BCUT2D eigenvalue weighted by atomic mass is 35.5. The molecule has 1 atom stereocenters. The van der Waals surface area contributed by atoms with Gasteiger partial charge >= 0.3 is 0 Å². The molecular weight excluding hydrogens is 266 g/mol. The lowest BCUT2D eigenvalue weighted by Gasteiger charge is -2.11. The van der Waals surface area contributed by atoms with Gasteiger partial charge in [0.15, 0.2) is 9.84 Å². The molecule has 1 fully saturated rings. The van der Waals surface area contributed by atoms with Crippen LogP contribution in [0, 0.1) is 0 Å². The summed E-state index contributed by atoms with van der Waals surface area (Å²) in [5.74, 6) is -0.0906. The van der Waals surface area contributed by atoms with E-state index < -0.39 is 9.84 Å². The third-order valence-corrected chi connectivity index (χ3v) is 4.66. The van der Waals surface area contributed by atoms with Crippen LogP contribution in [0.15, 0.2) is 12.4 Å². The summed E-state index contributed by atoms with van der Waals surface area (Å²) in [6.45, 7) is 0.0510. The number of nitrogens with one attached hydrogen (secondary N) is 1. The number of imidazole rings is 1. The minimum absolute atomic E-state index is 0.0242. The van der Waals surface area contributed by atoms with Gasteiger partial charge in [-0.3, -0.25) is 4.79 Å². The van der Waals surface area contributed by atoms with E-state index in [0.29, 0.717) is 6.42 Å². The number of rotatable bonds is 3. The highest BCUT2D eigenvalue weighted by molar-refractivity contribution is 7.91. The summed E-state index contributed by atoms with van der Waals surface area (Å²) >= 11 is 5.72. The Morgan fingerprint density at radius 3 is 2.94 bits per heavy atom. The second-order valence-corrected chi connectivity index (χ2v) is 6.56. The predicted molar refractivity (Wildman–Crippen MR) is 62.4 cm³/mol. The number of hydrogen-bond donors (Lipinski definition) is 1. The second kappa shape index (κ2) is 4.66. The van der Waals surface area contributed by atoms with E-state index in [-0.39, 0.29) is 35.3 Å². The van der Waals surface area contributed by atoms with E-state index in [1.54, 1.807) is 6.20 Å². The maximum absolute atomic E-state index is 11.6. The Balaban J connectivity index is 1.89. The molecule has 94 valence electrons. The molecule has 2 rings (SSSR count). The summed E-state index contributed by atoms with van der Waals surface area (Å²) in [6.07, 6.45) is 3.56. The molecule has 0 bridgehead atoms. The Labute approximate surface area is 104 Å². The monoisotopic (exact) mass is 277 g/mol. The smallest absolute Gasteiger partial charge is 0.240 e. The van der Waals surface area contributed by atoms with E-state index in [4.69, 9.17) is 11.6 Å². The zero-order valence-electron chi connectivity index (χ0n) is 8.97. The summed E-state index contributed by atoms with van der Waals surface area (Å²) in [7, 11) is -2.97. The lowest BCUT2D eigenvalue weighted by molar-refractivity contribution is -0.122. The summed E-state index contributed by atoms with van der Waals surface area (Å²) < 4.78 is 23.9. The van der Waals surface area contributed by atoms with E-state index in [0.717, 1.165) is 0 Å². The molecule has 0 aromatic carbocycles. The highest BCUT2D eigenvalue weighted by Gasteiger charge is 2.28. The summed E-state index contributed by atoms with van der Waals surface area (Å²) in [5, 5.41) is 2.91. The number of hydrogen-bond acceptors (Lipinski definition) is 4. The Kier molecular flexibility index (Phi) is 3.39. The van der Waals surface area contributed by atoms with Crippen LogP contribution < -0.4 is 5.32 Å². The molecule has 1 unspecified atom stereocenters. The van der Waals surface area contributed by atoms with Gasteiger partial charge < -0.3 is 9.88 Å². The quantitative estimate of drug-likeness (QED) is 0.832. The first kappa shape index (κ1) is 12.4. The number of aromatic nitrogens is 2. The SMILES string of the molecule is O=C(Cn1ccnc1Cl)NC1CCS(=O)(=O)C1. The third-order valence-electron chi connectivity index (χ3n) is 2.58. The van der Waals surface area contributed by atoms with Gasteiger partial charge in [0.2, 0.25) is 11.2 Å². The van der Waals surface area contributed by atoms with Crippen molar-refractivity contribution in [3.63, 3.8) is 0 Å². The van der Waals surface area contributed by atoms with Crippen molar-refractivity contribution < 1.29 is 13.2 Å². The minimum Gasteiger partial charge on any atom is -0.351 e. The molecule has 1 saturated heterocycles. The summed E-state index contributed by atoms with van der Waals surface area (Å²) in [6, 6.07) is -0.283. The normalized spacial score (nSPS) is 22.5. The van der Waals surface area contributed by atoms with Crippen LogP contribution in [0.4, 0.5) is 0 Å². The van der Waals surface area contributed by atoms with Gasteiger partial charge in [-0.1, -0.05) is 0 Å². The van der Waals surface area contributed by atoms with E-state index in [2.05, 4.69) is 10.3 Å². The molecule has 0 saturated carbocycles. The average Bonchev–Trinajstić information content (AvgIpc) is 2.74. The molecule has 2 heterocycles. The number of sulfone groups is 1. The highest BCUT2D eigenvalue weighted by Crippen LogP contribution is 2.11. The van der Waals surface area contributed by atoms with Crippen molar-refractivity contribution in [3.05, 3.63) is 17.7 Å². The van der Waals surface area contributed by atoms with Crippen LogP contribution in [0.2, 0.25) is 5.28 Å². The number of halogens is 1. The fourth-order valence-electron chi connectivity index (χ4n) is 1.77. The van der Waals surface area contributed by atoms with Gasteiger partial charge in [0.05, 0.1) is 11.5 Å². The Hall–Kier alpha value is -1.08. The maximum atomic E-state index is 11.6. The molecule has 0 radical (unpaired) electrons. The van der Waals surface area contributed by atoms with Gasteiger partial charge in [-0.25, -0.2) is 13.4 Å². The number of carbonyl (C=O) groups excluding carboxylic acids is 1. The largest absolute Gasteiger partial charge is 0.351 e. The first-order valence-electron chi connectivity index (χ1n) is 5.13. The van der Waals surface area contributed by atoms with Gasteiger partial charge in [0.25, 0.3) is 0 Å². The zero-order chi connectivity index (χ0) is 12.5. The van der Waals surface area contributed by atoms with Crippen LogP contribution in [0.25, 0.3) is 0 Å². The van der Waals surface area contributed by atoms with Crippen molar-refractivity contribution in [2.75, 3.05) is 11.5 Å². The van der Waals surface area contributed by atoms with Gasteiger partial charge in [-0.2, -0.15) is 0 Å². The molecule has 1 aromatic heterocycles. The fraction of sp³-hybridized carbons (Fsp3) is 0.556. The summed E-state index contributed by atoms with van der Waals surface area (Å²) in [4.78, 5) is 15.4. The topological polar surface area (TPSA) is 81.1 Å². The maximum Gasteiger partial charge on any atom is 0.240 e. The summed E-state index contributed by atoms with van der Waals surface area (Å²) in [5.41, 5.74) is 0. The van der Waals surface area contributed by atoms with Crippen molar-refractivity contribution in [3.8, 4) is 0 Å². The molecule has 6 nitrogen and oxygen atoms in total. The van der Waals surface area contributed by atoms with Gasteiger partial charge in [-0.05, 0) is 18.0 Å². The number of amides is 1. The number of carbonyl (C=O) groups is 1. The molecule has 1 aliphatic rings. The first-order valence-corrected chi connectivity index (χ1v) is 7.33. The lowest BCUT2D eigenvalue weighted by Crippen LogP contribution is -2.37. The minimum atomic E-state index is -2.97. The van der Waals surface area contributed by atoms with Crippen LogP contribution in [0.5, 0.6) is 0 Å². The predicted octanol–water partition coefficient (Wildman–Crippen LogP) is -0.160. The molecule has 1 aliphatic heterocycles. The zero-order valence-corrected chi connectivity index (χ0v) is 10.5. The Bertz CT molecular complexity index is 525. The molecule has 17 heavy (non-hydrogen) atoms. The molecular formula is C9H12ClN3O3S. The Morgan fingerprint density at radius 2 is 2.41 bits per heavy atom. The van der Waals surface area contributed by atoms with Crippen LogP contribution in [0.1, 0.15) is 6.42 Å². The van der Waals surface area contributed by atoms with Crippen molar-refractivity contribution in [1.29, 1.82) is 0 Å². The van der Waals surface area contributed by atoms with Crippen LogP contribution in [-0.4, -0.2) is 41.4 Å². The molecule has 1 N–H and O–H groups in total.